The molecule has 17 heavy (non-hydrogen) atoms. The predicted octanol–water partition coefficient (Wildman–Crippen LogP) is 1.10. The van der Waals surface area contributed by atoms with Gasteiger partial charge in [-0.05, 0) is 39.3 Å². The summed E-state index contributed by atoms with van der Waals surface area (Å²) in [5.41, 5.74) is 5.78. The fourth-order valence-corrected chi connectivity index (χ4v) is 2.37. The summed E-state index contributed by atoms with van der Waals surface area (Å²) in [7, 11) is 0. The molecule has 1 unspecified atom stereocenters. The van der Waals surface area contributed by atoms with Crippen molar-refractivity contribution in [2.75, 3.05) is 19.6 Å². The molecule has 0 aromatic rings. The smallest absolute Gasteiger partial charge is 0.237 e. The molecule has 1 fully saturated rings. The van der Waals surface area contributed by atoms with Gasteiger partial charge >= 0.3 is 0 Å². The zero-order chi connectivity index (χ0) is 12.7. The van der Waals surface area contributed by atoms with E-state index in [2.05, 4.69) is 17.1 Å². The molecule has 1 amide bonds. The first-order chi connectivity index (χ1) is 8.13. The van der Waals surface area contributed by atoms with Crippen molar-refractivity contribution in [1.82, 2.24) is 10.2 Å². The minimum Gasteiger partial charge on any atom is -0.351 e. The zero-order valence-corrected chi connectivity index (χ0v) is 11.2. The van der Waals surface area contributed by atoms with Crippen molar-refractivity contribution < 1.29 is 4.79 Å². The Morgan fingerprint density at radius 1 is 1.35 bits per heavy atom. The van der Waals surface area contributed by atoms with Crippen LogP contribution in [0.3, 0.4) is 0 Å². The zero-order valence-electron chi connectivity index (χ0n) is 11.2. The van der Waals surface area contributed by atoms with Crippen LogP contribution >= 0.6 is 0 Å². The normalized spacial score (nSPS) is 20.9. The van der Waals surface area contributed by atoms with Crippen LogP contribution in [0.4, 0.5) is 0 Å². The van der Waals surface area contributed by atoms with E-state index in [0.717, 1.165) is 19.4 Å². The summed E-state index contributed by atoms with van der Waals surface area (Å²) in [4.78, 5) is 14.2. The van der Waals surface area contributed by atoms with E-state index in [1.54, 1.807) is 0 Å². The number of hydrogen-bond donors (Lipinski definition) is 2. The van der Waals surface area contributed by atoms with E-state index in [9.17, 15) is 4.79 Å². The summed E-state index contributed by atoms with van der Waals surface area (Å²) in [5.74, 6) is -0.00337. The quantitative estimate of drug-likeness (QED) is 0.732. The highest BCUT2D eigenvalue weighted by atomic mass is 16.2. The summed E-state index contributed by atoms with van der Waals surface area (Å²) in [5, 5.41) is 3.01. The van der Waals surface area contributed by atoms with Gasteiger partial charge in [0.05, 0.1) is 6.04 Å². The third kappa shape index (κ3) is 5.50. The van der Waals surface area contributed by atoms with E-state index >= 15 is 0 Å². The first kappa shape index (κ1) is 14.5. The van der Waals surface area contributed by atoms with Gasteiger partial charge in [-0.1, -0.05) is 19.8 Å². The van der Waals surface area contributed by atoms with Crippen molar-refractivity contribution in [3.8, 4) is 0 Å². The summed E-state index contributed by atoms with van der Waals surface area (Å²) < 4.78 is 0. The van der Waals surface area contributed by atoms with Crippen LogP contribution in [-0.2, 0) is 4.79 Å². The molecule has 2 atom stereocenters. The third-order valence-corrected chi connectivity index (χ3v) is 3.31. The minimum absolute atomic E-state index is 0.00337. The molecular formula is C13H27N3O. The van der Waals surface area contributed by atoms with Gasteiger partial charge in [0.2, 0.25) is 5.91 Å². The van der Waals surface area contributed by atoms with Gasteiger partial charge in [0.25, 0.3) is 0 Å². The number of nitrogens with one attached hydrogen (secondary N) is 1. The lowest BCUT2D eigenvalue weighted by Gasteiger charge is -2.29. The number of likely N-dealkylation sites (tertiary alicyclic amines) is 1. The topological polar surface area (TPSA) is 58.4 Å². The largest absolute Gasteiger partial charge is 0.351 e. The first-order valence-corrected chi connectivity index (χ1v) is 6.91. The van der Waals surface area contributed by atoms with Gasteiger partial charge < -0.3 is 16.0 Å². The average molecular weight is 241 g/mol. The molecule has 0 bridgehead atoms. The Hall–Kier alpha value is -0.610. The highest BCUT2D eigenvalue weighted by molar-refractivity contribution is 5.81. The second-order valence-electron chi connectivity index (χ2n) is 5.17. The molecule has 0 aromatic carbocycles. The van der Waals surface area contributed by atoms with E-state index in [-0.39, 0.29) is 18.0 Å². The van der Waals surface area contributed by atoms with Crippen LogP contribution in [0.15, 0.2) is 0 Å². The van der Waals surface area contributed by atoms with Crippen LogP contribution in [0.5, 0.6) is 0 Å². The first-order valence-electron chi connectivity index (χ1n) is 6.91. The van der Waals surface area contributed by atoms with Crippen molar-refractivity contribution in [3.05, 3.63) is 0 Å². The molecule has 1 saturated heterocycles. The standard InChI is InChI=1S/C13H27N3O/c1-3-7-12(14)13(17)15-11(2)10-16-8-5-4-6-9-16/h11-12H,3-10,14H2,1-2H3,(H,15,17)/t11?,12-/m0/s1. The average Bonchev–Trinajstić information content (AvgIpc) is 2.30. The number of carbonyl (C=O) groups is 1. The maximum atomic E-state index is 11.7. The van der Waals surface area contributed by atoms with Gasteiger partial charge in [-0.15, -0.1) is 0 Å². The number of amides is 1. The fourth-order valence-electron chi connectivity index (χ4n) is 2.37. The molecular weight excluding hydrogens is 214 g/mol. The lowest BCUT2D eigenvalue weighted by atomic mass is 10.1. The molecule has 1 heterocycles. The Labute approximate surface area is 105 Å². The number of nitrogens with two attached hydrogens (primary N) is 1. The van der Waals surface area contributed by atoms with Crippen LogP contribution in [-0.4, -0.2) is 42.5 Å². The summed E-state index contributed by atoms with van der Waals surface area (Å²) in [6.07, 6.45) is 5.64. The Kier molecular flexibility index (Phi) is 6.52. The second-order valence-corrected chi connectivity index (χ2v) is 5.17. The number of rotatable bonds is 6. The lowest BCUT2D eigenvalue weighted by molar-refractivity contribution is -0.123. The summed E-state index contributed by atoms with van der Waals surface area (Å²) >= 11 is 0. The highest BCUT2D eigenvalue weighted by Crippen LogP contribution is 2.08. The maximum absolute atomic E-state index is 11.7. The molecule has 1 aliphatic heterocycles. The Bertz CT molecular complexity index is 227. The second kappa shape index (κ2) is 7.67. The number of hydrogen-bond acceptors (Lipinski definition) is 3. The molecule has 1 rings (SSSR count). The van der Waals surface area contributed by atoms with Gasteiger partial charge in [-0.2, -0.15) is 0 Å². The van der Waals surface area contributed by atoms with Crippen LogP contribution in [0.25, 0.3) is 0 Å². The third-order valence-electron chi connectivity index (χ3n) is 3.31. The Balaban J connectivity index is 2.23. The molecule has 0 aromatic heterocycles. The van der Waals surface area contributed by atoms with Crippen LogP contribution < -0.4 is 11.1 Å². The molecule has 0 radical (unpaired) electrons. The van der Waals surface area contributed by atoms with Crippen molar-refractivity contribution in [1.29, 1.82) is 0 Å². The van der Waals surface area contributed by atoms with E-state index in [0.29, 0.717) is 0 Å². The van der Waals surface area contributed by atoms with Gasteiger partial charge in [-0.25, -0.2) is 0 Å². The van der Waals surface area contributed by atoms with Gasteiger partial charge in [0, 0.05) is 12.6 Å². The van der Waals surface area contributed by atoms with Crippen molar-refractivity contribution in [2.24, 2.45) is 5.73 Å². The lowest BCUT2D eigenvalue weighted by Crippen LogP contribution is -2.48. The molecule has 0 aliphatic carbocycles. The molecule has 4 nitrogen and oxygen atoms in total. The molecule has 3 N–H and O–H groups in total. The van der Waals surface area contributed by atoms with Gasteiger partial charge in [-0.3, -0.25) is 4.79 Å². The van der Waals surface area contributed by atoms with Crippen molar-refractivity contribution in [2.45, 2.75) is 58.0 Å². The van der Waals surface area contributed by atoms with Gasteiger partial charge in [0.15, 0.2) is 0 Å². The minimum atomic E-state index is -0.344. The van der Waals surface area contributed by atoms with Crippen LogP contribution in [0.1, 0.15) is 46.0 Å². The molecule has 100 valence electrons. The van der Waals surface area contributed by atoms with Crippen molar-refractivity contribution in [3.63, 3.8) is 0 Å². The SMILES string of the molecule is CCC[C@H](N)C(=O)NC(C)CN1CCCCC1. The van der Waals surface area contributed by atoms with E-state index in [1.807, 2.05) is 6.92 Å². The monoisotopic (exact) mass is 241 g/mol. The number of piperidine rings is 1. The fraction of sp³-hybridized carbons (Fsp3) is 0.923. The predicted molar refractivity (Wildman–Crippen MR) is 70.8 cm³/mol. The van der Waals surface area contributed by atoms with Crippen LogP contribution in [0.2, 0.25) is 0 Å². The number of nitrogens with zero attached hydrogens (tertiary/aromatic N) is 1. The highest BCUT2D eigenvalue weighted by Gasteiger charge is 2.17. The van der Waals surface area contributed by atoms with E-state index < -0.39 is 0 Å². The summed E-state index contributed by atoms with van der Waals surface area (Å²) in [6.45, 7) is 7.39. The molecule has 1 aliphatic rings. The number of carbonyl (C=O) groups excluding carboxylic acids is 1. The van der Waals surface area contributed by atoms with E-state index in [1.165, 1.54) is 32.4 Å². The van der Waals surface area contributed by atoms with Crippen LogP contribution in [0, 0.1) is 0 Å². The maximum Gasteiger partial charge on any atom is 0.237 e. The summed E-state index contributed by atoms with van der Waals surface area (Å²) in [6, 6.07) is -0.146. The molecule has 4 heteroatoms. The molecule has 0 spiro atoms. The Morgan fingerprint density at radius 3 is 2.59 bits per heavy atom. The van der Waals surface area contributed by atoms with Gasteiger partial charge in [0.1, 0.15) is 0 Å². The van der Waals surface area contributed by atoms with E-state index in [4.69, 9.17) is 5.73 Å². The molecule has 0 saturated carbocycles. The Morgan fingerprint density at radius 2 is 2.00 bits per heavy atom. The van der Waals surface area contributed by atoms with Crippen molar-refractivity contribution >= 4 is 5.91 Å².